The molecule has 0 saturated carbocycles. The van der Waals surface area contributed by atoms with Crippen LogP contribution in [0.25, 0.3) is 6.08 Å². The van der Waals surface area contributed by atoms with Gasteiger partial charge in [0.2, 0.25) is 0 Å². The molecule has 0 fully saturated rings. The predicted octanol–water partition coefficient (Wildman–Crippen LogP) is 3.36. The fourth-order valence-electron chi connectivity index (χ4n) is 2.00. The normalized spacial score (nSPS) is 10.8. The van der Waals surface area contributed by atoms with E-state index in [-0.39, 0.29) is 18.8 Å². The second kappa shape index (κ2) is 9.91. The highest BCUT2D eigenvalue weighted by molar-refractivity contribution is 5.97. The molecule has 25 heavy (non-hydrogen) atoms. The molecular weight excluding hydrogens is 318 g/mol. The maximum Gasteiger partial charge on any atom is 0.348 e. The molecule has 2 rings (SSSR count). The van der Waals surface area contributed by atoms with Gasteiger partial charge in [-0.3, -0.25) is 0 Å². The number of methoxy groups -OCH3 is 1. The van der Waals surface area contributed by atoms with Crippen LogP contribution >= 0.6 is 0 Å². The molecule has 0 atom stereocenters. The van der Waals surface area contributed by atoms with E-state index >= 15 is 0 Å². The van der Waals surface area contributed by atoms with Gasteiger partial charge in [0, 0.05) is 7.11 Å². The van der Waals surface area contributed by atoms with E-state index in [0.717, 1.165) is 5.56 Å². The number of benzene rings is 2. The summed E-state index contributed by atoms with van der Waals surface area (Å²) in [6.45, 7) is 0.879. The fraction of sp³-hybridized carbons (Fsp3) is 0.200. The highest BCUT2D eigenvalue weighted by atomic mass is 16.6. The molecule has 2 aromatic carbocycles. The zero-order chi connectivity index (χ0) is 17.9. The number of ether oxygens (including phenoxy) is 3. The zero-order valence-corrected chi connectivity index (χ0v) is 14.0. The number of rotatable bonds is 8. The maximum atomic E-state index is 11.8. The summed E-state index contributed by atoms with van der Waals surface area (Å²) in [4.78, 5) is 11.8. The van der Waals surface area contributed by atoms with Crippen molar-refractivity contribution in [1.29, 1.82) is 5.26 Å². The molecule has 0 aliphatic heterocycles. The first kappa shape index (κ1) is 18.2. The van der Waals surface area contributed by atoms with Crippen molar-refractivity contribution in [2.45, 2.75) is 6.61 Å². The van der Waals surface area contributed by atoms with Gasteiger partial charge in [-0.2, -0.15) is 5.26 Å². The highest BCUT2D eigenvalue weighted by Crippen LogP contribution is 2.16. The average molecular weight is 337 g/mol. The third kappa shape index (κ3) is 6.13. The van der Waals surface area contributed by atoms with Gasteiger partial charge in [0.15, 0.2) is 0 Å². The van der Waals surface area contributed by atoms with Crippen LogP contribution in [-0.2, 0) is 20.9 Å². The minimum atomic E-state index is -0.663. The van der Waals surface area contributed by atoms with Crippen LogP contribution in [0.2, 0.25) is 0 Å². The molecule has 0 N–H and O–H groups in total. The van der Waals surface area contributed by atoms with Gasteiger partial charge >= 0.3 is 5.97 Å². The Morgan fingerprint density at radius 2 is 1.80 bits per heavy atom. The Morgan fingerprint density at radius 1 is 1.08 bits per heavy atom. The smallest absolute Gasteiger partial charge is 0.348 e. The van der Waals surface area contributed by atoms with E-state index in [1.54, 1.807) is 24.3 Å². The highest BCUT2D eigenvalue weighted by Gasteiger charge is 2.10. The second-order valence-corrected chi connectivity index (χ2v) is 5.14. The van der Waals surface area contributed by atoms with Gasteiger partial charge in [0.25, 0.3) is 0 Å². The molecule has 0 saturated heterocycles. The van der Waals surface area contributed by atoms with Crippen LogP contribution in [0, 0.1) is 11.3 Å². The third-order valence-electron chi connectivity index (χ3n) is 3.30. The van der Waals surface area contributed by atoms with Crippen LogP contribution in [0.4, 0.5) is 0 Å². The summed E-state index contributed by atoms with van der Waals surface area (Å²) in [5.74, 6) is 0.0473. The van der Waals surface area contributed by atoms with Crippen LogP contribution < -0.4 is 4.74 Å². The van der Waals surface area contributed by atoms with Crippen molar-refractivity contribution in [2.24, 2.45) is 0 Å². The first-order valence-electron chi connectivity index (χ1n) is 7.77. The molecule has 5 heteroatoms. The molecule has 0 aliphatic carbocycles. The standard InChI is InChI=1S/C20H19NO4/c1-23-11-12-24-20(22)18(14-21)13-16-7-9-19(10-8-16)25-15-17-5-3-2-4-6-17/h2-10,13H,11-12,15H2,1H3/b18-13-. The molecule has 0 amide bonds. The van der Waals surface area contributed by atoms with Gasteiger partial charge < -0.3 is 14.2 Å². The summed E-state index contributed by atoms with van der Waals surface area (Å²) in [6, 6.07) is 18.9. The van der Waals surface area contributed by atoms with Crippen LogP contribution in [0.15, 0.2) is 60.2 Å². The summed E-state index contributed by atoms with van der Waals surface area (Å²) >= 11 is 0. The number of esters is 1. The van der Waals surface area contributed by atoms with Crippen LogP contribution in [0.1, 0.15) is 11.1 Å². The molecule has 2 aromatic rings. The van der Waals surface area contributed by atoms with Gasteiger partial charge in [-0.25, -0.2) is 4.79 Å². The van der Waals surface area contributed by atoms with Gasteiger partial charge in [-0.15, -0.1) is 0 Å². The molecule has 0 bridgehead atoms. The molecule has 128 valence electrons. The van der Waals surface area contributed by atoms with Gasteiger partial charge in [-0.1, -0.05) is 42.5 Å². The van der Waals surface area contributed by atoms with Gasteiger partial charge in [0.05, 0.1) is 6.61 Å². The third-order valence-corrected chi connectivity index (χ3v) is 3.30. The summed E-state index contributed by atoms with van der Waals surface area (Å²) in [5, 5.41) is 9.10. The largest absolute Gasteiger partial charge is 0.489 e. The first-order valence-corrected chi connectivity index (χ1v) is 7.77. The lowest BCUT2D eigenvalue weighted by molar-refractivity contribution is -0.139. The first-order chi connectivity index (χ1) is 12.2. The van der Waals surface area contributed by atoms with E-state index in [9.17, 15) is 4.79 Å². The summed E-state index contributed by atoms with van der Waals surface area (Å²) in [7, 11) is 1.51. The molecule has 0 spiro atoms. The van der Waals surface area contributed by atoms with Crippen LogP contribution in [-0.4, -0.2) is 26.3 Å². The fourth-order valence-corrected chi connectivity index (χ4v) is 2.00. The lowest BCUT2D eigenvalue weighted by Gasteiger charge is -2.06. The molecular formula is C20H19NO4. The number of nitriles is 1. The topological polar surface area (TPSA) is 68.5 Å². The predicted molar refractivity (Wildman–Crippen MR) is 93.6 cm³/mol. The van der Waals surface area contributed by atoms with Crippen molar-refractivity contribution in [2.75, 3.05) is 20.3 Å². The SMILES string of the molecule is COCCOC(=O)/C(C#N)=C\c1ccc(OCc2ccccc2)cc1. The Hall–Kier alpha value is -3.10. The van der Waals surface area contributed by atoms with Crippen molar-refractivity contribution >= 4 is 12.0 Å². The second-order valence-electron chi connectivity index (χ2n) is 5.14. The van der Waals surface area contributed by atoms with Crippen LogP contribution in [0.5, 0.6) is 5.75 Å². The van der Waals surface area contributed by atoms with Crippen molar-refractivity contribution in [3.63, 3.8) is 0 Å². The Balaban J connectivity index is 1.95. The monoisotopic (exact) mass is 337 g/mol. The quantitative estimate of drug-likeness (QED) is 0.320. The van der Waals surface area contributed by atoms with Crippen molar-refractivity contribution in [1.82, 2.24) is 0 Å². The molecule has 0 radical (unpaired) electrons. The minimum absolute atomic E-state index is 0.0611. The minimum Gasteiger partial charge on any atom is -0.489 e. The Bertz CT molecular complexity index is 746. The number of hydrogen-bond donors (Lipinski definition) is 0. The lowest BCUT2D eigenvalue weighted by atomic mass is 10.1. The Labute approximate surface area is 147 Å². The summed E-state index contributed by atoms with van der Waals surface area (Å²) in [6.07, 6.45) is 1.48. The van der Waals surface area contributed by atoms with E-state index in [1.807, 2.05) is 36.4 Å². The van der Waals surface area contributed by atoms with E-state index in [0.29, 0.717) is 17.9 Å². The maximum absolute atomic E-state index is 11.8. The van der Waals surface area contributed by atoms with Crippen LogP contribution in [0.3, 0.4) is 0 Å². The summed E-state index contributed by atoms with van der Waals surface area (Å²) < 4.78 is 15.4. The van der Waals surface area contributed by atoms with E-state index in [1.165, 1.54) is 13.2 Å². The Morgan fingerprint density at radius 3 is 2.44 bits per heavy atom. The molecule has 0 unspecified atom stereocenters. The molecule has 0 heterocycles. The number of carbonyl (C=O) groups is 1. The van der Waals surface area contributed by atoms with E-state index < -0.39 is 5.97 Å². The molecule has 5 nitrogen and oxygen atoms in total. The lowest BCUT2D eigenvalue weighted by Crippen LogP contribution is -2.11. The van der Waals surface area contributed by atoms with E-state index in [2.05, 4.69) is 0 Å². The number of hydrogen-bond acceptors (Lipinski definition) is 5. The number of nitrogens with zero attached hydrogens (tertiary/aromatic N) is 1. The molecule has 0 aromatic heterocycles. The number of carbonyl (C=O) groups excluding carboxylic acids is 1. The van der Waals surface area contributed by atoms with Crippen molar-refractivity contribution < 1.29 is 19.0 Å². The summed E-state index contributed by atoms with van der Waals surface area (Å²) in [5.41, 5.74) is 1.73. The van der Waals surface area contributed by atoms with E-state index in [4.69, 9.17) is 19.5 Å². The molecule has 0 aliphatic rings. The van der Waals surface area contributed by atoms with Crippen molar-refractivity contribution in [3.05, 3.63) is 71.3 Å². The Kier molecular flexibility index (Phi) is 7.23. The van der Waals surface area contributed by atoms with Gasteiger partial charge in [0.1, 0.15) is 30.6 Å². The van der Waals surface area contributed by atoms with Gasteiger partial charge in [-0.05, 0) is 29.3 Å². The average Bonchev–Trinajstić information content (AvgIpc) is 2.66. The zero-order valence-electron chi connectivity index (χ0n) is 14.0. The van der Waals surface area contributed by atoms with Crippen molar-refractivity contribution in [3.8, 4) is 11.8 Å².